The van der Waals surface area contributed by atoms with Gasteiger partial charge in [-0.1, -0.05) is 25.5 Å². The molecule has 3 heteroatoms. The van der Waals surface area contributed by atoms with Gasteiger partial charge in [0.15, 0.2) is 0 Å². The molecule has 90 valence electrons. The zero-order valence-electron chi connectivity index (χ0n) is 9.53. The Kier molecular flexibility index (Phi) is 2.95. The quantitative estimate of drug-likeness (QED) is 0.611. The molecule has 1 aliphatic carbocycles. The van der Waals surface area contributed by atoms with Crippen molar-refractivity contribution in [1.82, 2.24) is 4.98 Å². The molecule has 0 N–H and O–H groups in total. The van der Waals surface area contributed by atoms with E-state index in [1.165, 1.54) is 6.07 Å². The molecule has 0 bridgehead atoms. The van der Waals surface area contributed by atoms with Crippen molar-refractivity contribution in [2.45, 2.75) is 19.3 Å². The predicted octanol–water partition coefficient (Wildman–Crippen LogP) is 3.32. The summed E-state index contributed by atoms with van der Waals surface area (Å²) in [6.07, 6.45) is 1.77. The van der Waals surface area contributed by atoms with Crippen molar-refractivity contribution < 1.29 is 25.5 Å². The van der Waals surface area contributed by atoms with Gasteiger partial charge < -0.3 is 4.98 Å². The van der Waals surface area contributed by atoms with Crippen molar-refractivity contribution in [1.29, 1.82) is 0 Å². The van der Waals surface area contributed by atoms with Crippen LogP contribution in [0.2, 0.25) is 0 Å². The molecule has 17 heavy (non-hydrogen) atoms. The molecule has 1 nitrogen and oxygen atoms in total. The maximum Gasteiger partial charge on any atom is 0.0382 e. The fourth-order valence-corrected chi connectivity index (χ4v) is 2.41. The van der Waals surface area contributed by atoms with Crippen LogP contribution in [0.1, 0.15) is 25.0 Å². The Bertz CT molecular complexity index is 578. The van der Waals surface area contributed by atoms with Gasteiger partial charge in [0, 0.05) is 33.1 Å². The number of hydrogen-bond donors (Lipinski definition) is 0. The Balaban J connectivity index is 0.00000108. The van der Waals surface area contributed by atoms with Crippen molar-refractivity contribution in [2.75, 3.05) is 0 Å². The molecular formula is C14H11FNPt-. The van der Waals surface area contributed by atoms with Gasteiger partial charge in [-0.25, -0.2) is 0 Å². The average Bonchev–Trinajstić information content (AvgIpc) is 2.49. The number of rotatable bonds is 0. The third kappa shape index (κ3) is 1.66. The fourth-order valence-electron chi connectivity index (χ4n) is 2.41. The van der Waals surface area contributed by atoms with Crippen molar-refractivity contribution >= 4 is 0 Å². The van der Waals surface area contributed by atoms with Crippen molar-refractivity contribution in [3.8, 4) is 11.3 Å². The van der Waals surface area contributed by atoms with E-state index in [0.717, 1.165) is 22.4 Å². The molecule has 3 rings (SSSR count). The maximum atomic E-state index is 13.3. The molecule has 0 fully saturated rings. The van der Waals surface area contributed by atoms with E-state index in [2.05, 4.69) is 24.9 Å². The Labute approximate surface area is 114 Å². The zero-order valence-corrected chi connectivity index (χ0v) is 11.8. The van der Waals surface area contributed by atoms with Crippen LogP contribution in [-0.4, -0.2) is 4.98 Å². The smallest absolute Gasteiger partial charge is 0.0382 e. The standard InChI is InChI=1S/C14H11FN.Pt/c1-14(2)11-4-3-7-16-13(11)10-6-5-9(15)8-12(10)14;/h3-5,7-8H,1-2H3;/q-1;. The van der Waals surface area contributed by atoms with Crippen LogP contribution in [0, 0.1) is 11.9 Å². The average molecular weight is 407 g/mol. The van der Waals surface area contributed by atoms with Crippen LogP contribution in [0.4, 0.5) is 4.39 Å². The van der Waals surface area contributed by atoms with Gasteiger partial charge in [-0.3, -0.25) is 4.39 Å². The van der Waals surface area contributed by atoms with Gasteiger partial charge in [-0.2, -0.15) is 0 Å². The fraction of sp³-hybridized carbons (Fsp3) is 0.214. The van der Waals surface area contributed by atoms with Crippen molar-refractivity contribution in [2.24, 2.45) is 0 Å². The van der Waals surface area contributed by atoms with Crippen molar-refractivity contribution in [3.05, 3.63) is 53.5 Å². The molecule has 0 unspecified atom stereocenters. The number of pyridine rings is 1. The molecule has 2 aromatic rings. The van der Waals surface area contributed by atoms with Gasteiger partial charge in [0.05, 0.1) is 0 Å². The summed E-state index contributed by atoms with van der Waals surface area (Å²) in [5.41, 5.74) is 3.80. The number of nitrogens with zero attached hydrogens (tertiary/aromatic N) is 1. The number of hydrogen-bond acceptors (Lipinski definition) is 1. The van der Waals surface area contributed by atoms with Gasteiger partial charge >= 0.3 is 0 Å². The minimum atomic E-state index is -0.236. The Hall–Kier alpha value is -1.01. The van der Waals surface area contributed by atoms with E-state index in [4.69, 9.17) is 0 Å². The molecule has 0 atom stereocenters. The van der Waals surface area contributed by atoms with Crippen LogP contribution in [0.25, 0.3) is 11.3 Å². The monoisotopic (exact) mass is 407 g/mol. The van der Waals surface area contributed by atoms with Gasteiger partial charge in [-0.05, 0) is 17.2 Å². The summed E-state index contributed by atoms with van der Waals surface area (Å²) in [4.78, 5) is 4.37. The molecule has 1 aromatic carbocycles. The van der Waals surface area contributed by atoms with Crippen LogP contribution >= 0.6 is 0 Å². The summed E-state index contributed by atoms with van der Waals surface area (Å²) in [5, 5.41) is 0. The van der Waals surface area contributed by atoms with Crippen LogP contribution < -0.4 is 0 Å². The van der Waals surface area contributed by atoms with E-state index in [9.17, 15) is 4.39 Å². The molecule has 0 radical (unpaired) electrons. The summed E-state index contributed by atoms with van der Waals surface area (Å²) >= 11 is 0. The third-order valence-corrected chi connectivity index (χ3v) is 3.30. The van der Waals surface area contributed by atoms with Crippen LogP contribution in [0.5, 0.6) is 0 Å². The Morgan fingerprint density at radius 3 is 2.82 bits per heavy atom. The first-order chi connectivity index (χ1) is 7.60. The van der Waals surface area contributed by atoms with E-state index >= 15 is 0 Å². The van der Waals surface area contributed by atoms with Gasteiger partial charge in [-0.15, -0.1) is 29.3 Å². The van der Waals surface area contributed by atoms with E-state index in [-0.39, 0.29) is 32.3 Å². The minimum Gasteiger partial charge on any atom is -0.304 e. The number of halogens is 1. The minimum absolute atomic E-state index is 0. The van der Waals surface area contributed by atoms with Crippen molar-refractivity contribution in [3.63, 3.8) is 0 Å². The van der Waals surface area contributed by atoms with E-state index in [1.54, 1.807) is 12.3 Å². The van der Waals surface area contributed by atoms with Gasteiger partial charge in [0.25, 0.3) is 0 Å². The Morgan fingerprint density at radius 1 is 1.29 bits per heavy atom. The molecule has 1 aromatic heterocycles. The summed E-state index contributed by atoms with van der Waals surface area (Å²) < 4.78 is 13.3. The maximum absolute atomic E-state index is 13.3. The molecule has 0 saturated heterocycles. The van der Waals surface area contributed by atoms with Gasteiger partial charge in [0.1, 0.15) is 0 Å². The first-order valence-electron chi connectivity index (χ1n) is 5.28. The molecular weight excluding hydrogens is 396 g/mol. The second-order valence-electron chi connectivity index (χ2n) is 4.63. The molecule has 0 saturated carbocycles. The van der Waals surface area contributed by atoms with Gasteiger partial charge in [0.2, 0.25) is 0 Å². The third-order valence-electron chi connectivity index (χ3n) is 3.30. The number of fused-ring (bicyclic) bond motifs is 3. The summed E-state index contributed by atoms with van der Waals surface area (Å²) in [6.45, 7) is 4.18. The van der Waals surface area contributed by atoms with E-state index < -0.39 is 0 Å². The molecule has 1 heterocycles. The van der Waals surface area contributed by atoms with Crippen LogP contribution in [-0.2, 0) is 26.5 Å². The van der Waals surface area contributed by atoms with Crippen LogP contribution in [0.15, 0.2) is 30.5 Å². The summed E-state index contributed by atoms with van der Waals surface area (Å²) in [5.74, 6) is -0.236. The first-order valence-corrected chi connectivity index (χ1v) is 5.28. The summed E-state index contributed by atoms with van der Waals surface area (Å²) in [6, 6.07) is 9.93. The topological polar surface area (TPSA) is 12.9 Å². The molecule has 0 amide bonds. The van der Waals surface area contributed by atoms with Crippen LogP contribution in [0.3, 0.4) is 0 Å². The SMILES string of the molecule is CC1(C)c2cc(F)c[c-]c2-c2ncccc21.[Pt]. The zero-order chi connectivity index (χ0) is 11.3. The largest absolute Gasteiger partial charge is 0.304 e. The van der Waals surface area contributed by atoms with E-state index in [1.807, 2.05) is 12.1 Å². The number of aromatic nitrogens is 1. The van der Waals surface area contributed by atoms with E-state index in [0.29, 0.717) is 0 Å². The number of benzene rings is 1. The normalized spacial score (nSPS) is 14.8. The molecule has 1 aliphatic rings. The first kappa shape index (κ1) is 12.4. The molecule has 0 aliphatic heterocycles. The Morgan fingerprint density at radius 2 is 2.06 bits per heavy atom. The second kappa shape index (κ2) is 4.03. The second-order valence-corrected chi connectivity index (χ2v) is 4.63. The summed E-state index contributed by atoms with van der Waals surface area (Å²) in [7, 11) is 0. The predicted molar refractivity (Wildman–Crippen MR) is 60.6 cm³/mol. The molecule has 0 spiro atoms.